The topological polar surface area (TPSA) is 67.8 Å². The predicted octanol–water partition coefficient (Wildman–Crippen LogP) is 1.58. The van der Waals surface area contributed by atoms with E-state index in [0.29, 0.717) is 10.8 Å². The van der Waals surface area contributed by atoms with Gasteiger partial charge in [0.2, 0.25) is 0 Å². The van der Waals surface area contributed by atoms with Crippen LogP contribution in [0.25, 0.3) is 0 Å². The highest BCUT2D eigenvalue weighted by Gasteiger charge is 2.08. The SMILES string of the molecule is O=C(Nc1ccc(Cl)cn1)c1[c]nccn1. The van der Waals surface area contributed by atoms with Crippen LogP contribution in [-0.2, 0) is 0 Å². The van der Waals surface area contributed by atoms with Crippen LogP contribution in [0.15, 0.2) is 30.7 Å². The molecule has 0 saturated heterocycles. The summed E-state index contributed by atoms with van der Waals surface area (Å²) in [5.41, 5.74) is 0.110. The molecule has 2 aromatic rings. The van der Waals surface area contributed by atoms with Crippen LogP contribution in [0.5, 0.6) is 0 Å². The molecular weight excluding hydrogens is 228 g/mol. The first-order chi connectivity index (χ1) is 7.75. The average molecular weight is 234 g/mol. The van der Waals surface area contributed by atoms with Gasteiger partial charge in [-0.25, -0.2) is 9.97 Å². The van der Waals surface area contributed by atoms with Gasteiger partial charge in [-0.2, -0.15) is 0 Å². The molecule has 0 spiro atoms. The standard InChI is InChI=1S/C10H6ClN4O/c11-7-1-2-9(14-5-7)15-10(16)8-6-12-3-4-13-8/h1-5H,(H,14,15,16). The highest BCUT2D eigenvalue weighted by atomic mass is 35.5. The van der Waals surface area contributed by atoms with Crippen molar-refractivity contribution in [3.63, 3.8) is 0 Å². The summed E-state index contributed by atoms with van der Waals surface area (Å²) in [7, 11) is 0. The first-order valence-electron chi connectivity index (χ1n) is 4.37. The molecule has 0 bridgehead atoms. The lowest BCUT2D eigenvalue weighted by molar-refractivity contribution is 0.102. The molecule has 0 saturated carbocycles. The van der Waals surface area contributed by atoms with Crippen molar-refractivity contribution in [3.8, 4) is 0 Å². The van der Waals surface area contributed by atoms with Crippen molar-refractivity contribution in [3.05, 3.63) is 47.6 Å². The molecular formula is C10H6ClN4O. The Kier molecular flexibility index (Phi) is 3.07. The highest BCUT2D eigenvalue weighted by molar-refractivity contribution is 6.30. The Morgan fingerprint density at radius 1 is 1.31 bits per heavy atom. The van der Waals surface area contributed by atoms with Gasteiger partial charge in [-0.3, -0.25) is 9.78 Å². The van der Waals surface area contributed by atoms with Gasteiger partial charge >= 0.3 is 0 Å². The van der Waals surface area contributed by atoms with Gasteiger partial charge in [-0.1, -0.05) is 11.6 Å². The second kappa shape index (κ2) is 4.67. The number of nitrogens with zero attached hydrogens (tertiary/aromatic N) is 3. The van der Waals surface area contributed by atoms with E-state index in [0.717, 1.165) is 0 Å². The van der Waals surface area contributed by atoms with E-state index in [1.165, 1.54) is 18.6 Å². The Morgan fingerprint density at radius 2 is 2.19 bits per heavy atom. The van der Waals surface area contributed by atoms with Crippen LogP contribution >= 0.6 is 11.6 Å². The minimum Gasteiger partial charge on any atom is -0.305 e. The zero-order valence-corrected chi connectivity index (χ0v) is 8.77. The van der Waals surface area contributed by atoms with Gasteiger partial charge in [-0.15, -0.1) is 0 Å². The molecule has 0 aromatic carbocycles. The molecule has 0 atom stereocenters. The fourth-order valence-corrected chi connectivity index (χ4v) is 1.11. The summed E-state index contributed by atoms with van der Waals surface area (Å²) in [5.74, 6) is -0.0172. The van der Waals surface area contributed by atoms with E-state index in [4.69, 9.17) is 11.6 Å². The largest absolute Gasteiger partial charge is 0.305 e. The molecule has 2 aromatic heterocycles. The maximum atomic E-state index is 11.6. The molecule has 1 radical (unpaired) electrons. The maximum absolute atomic E-state index is 11.6. The van der Waals surface area contributed by atoms with Crippen molar-refractivity contribution in [1.82, 2.24) is 15.0 Å². The quantitative estimate of drug-likeness (QED) is 0.855. The predicted molar refractivity (Wildman–Crippen MR) is 58.1 cm³/mol. The minimum absolute atomic E-state index is 0.110. The molecule has 5 nitrogen and oxygen atoms in total. The van der Waals surface area contributed by atoms with Gasteiger partial charge in [0.15, 0.2) is 5.69 Å². The lowest BCUT2D eigenvalue weighted by atomic mass is 10.4. The highest BCUT2D eigenvalue weighted by Crippen LogP contribution is 2.09. The fourth-order valence-electron chi connectivity index (χ4n) is 1.00. The van der Waals surface area contributed by atoms with Crippen LogP contribution in [0.3, 0.4) is 0 Å². The Hall–Kier alpha value is -2.01. The summed E-state index contributed by atoms with van der Waals surface area (Å²) in [5, 5.41) is 3.05. The number of pyridine rings is 1. The van der Waals surface area contributed by atoms with E-state index in [-0.39, 0.29) is 5.69 Å². The van der Waals surface area contributed by atoms with E-state index in [1.54, 1.807) is 12.1 Å². The summed E-state index contributed by atoms with van der Waals surface area (Å²) in [6.07, 6.45) is 6.77. The third-order valence-corrected chi connectivity index (χ3v) is 1.92. The number of carbonyl (C=O) groups excluding carboxylic acids is 1. The van der Waals surface area contributed by atoms with E-state index in [9.17, 15) is 4.79 Å². The maximum Gasteiger partial charge on any atom is 0.277 e. The summed E-state index contributed by atoms with van der Waals surface area (Å²) in [4.78, 5) is 23.0. The summed E-state index contributed by atoms with van der Waals surface area (Å²) < 4.78 is 0. The zero-order chi connectivity index (χ0) is 11.4. The number of aromatic nitrogens is 3. The number of amides is 1. The Balaban J connectivity index is 2.11. The summed E-state index contributed by atoms with van der Waals surface area (Å²) in [6, 6.07) is 3.22. The van der Waals surface area contributed by atoms with E-state index in [1.807, 2.05) is 0 Å². The van der Waals surface area contributed by atoms with E-state index < -0.39 is 5.91 Å². The number of nitrogens with one attached hydrogen (secondary N) is 1. The number of hydrogen-bond donors (Lipinski definition) is 1. The number of hydrogen-bond acceptors (Lipinski definition) is 4. The van der Waals surface area contributed by atoms with Gasteiger partial charge in [0.25, 0.3) is 5.91 Å². The Labute approximate surface area is 96.5 Å². The number of halogens is 1. The summed E-state index contributed by atoms with van der Waals surface area (Å²) in [6.45, 7) is 0. The fraction of sp³-hybridized carbons (Fsp3) is 0. The van der Waals surface area contributed by atoms with Crippen LogP contribution in [0.1, 0.15) is 10.5 Å². The second-order valence-electron chi connectivity index (χ2n) is 2.83. The van der Waals surface area contributed by atoms with Gasteiger partial charge in [0, 0.05) is 18.6 Å². The molecule has 2 rings (SSSR count). The molecule has 2 heterocycles. The van der Waals surface area contributed by atoms with Crippen LogP contribution in [-0.4, -0.2) is 20.9 Å². The lowest BCUT2D eigenvalue weighted by Crippen LogP contribution is -2.14. The third-order valence-electron chi connectivity index (χ3n) is 1.70. The van der Waals surface area contributed by atoms with Gasteiger partial charge < -0.3 is 5.32 Å². The minimum atomic E-state index is -0.414. The first kappa shape index (κ1) is 10.5. The normalized spacial score (nSPS) is 9.81. The van der Waals surface area contributed by atoms with Crippen LogP contribution in [0.4, 0.5) is 5.82 Å². The smallest absolute Gasteiger partial charge is 0.277 e. The van der Waals surface area contributed by atoms with E-state index >= 15 is 0 Å². The number of rotatable bonds is 2. The van der Waals surface area contributed by atoms with Crippen LogP contribution < -0.4 is 5.32 Å². The Morgan fingerprint density at radius 3 is 2.81 bits per heavy atom. The molecule has 16 heavy (non-hydrogen) atoms. The van der Waals surface area contributed by atoms with Gasteiger partial charge in [-0.05, 0) is 12.1 Å². The van der Waals surface area contributed by atoms with Crippen molar-refractivity contribution in [2.24, 2.45) is 0 Å². The molecule has 0 aliphatic heterocycles. The Bertz CT molecular complexity index is 486. The molecule has 0 unspecified atom stereocenters. The lowest BCUT2D eigenvalue weighted by Gasteiger charge is -2.02. The monoisotopic (exact) mass is 233 g/mol. The second-order valence-corrected chi connectivity index (χ2v) is 3.27. The molecule has 0 aliphatic carbocycles. The molecule has 1 amide bonds. The molecule has 79 valence electrons. The number of carbonyl (C=O) groups is 1. The molecule has 1 N–H and O–H groups in total. The first-order valence-corrected chi connectivity index (χ1v) is 4.75. The van der Waals surface area contributed by atoms with Crippen molar-refractivity contribution in [1.29, 1.82) is 0 Å². The third kappa shape index (κ3) is 2.52. The molecule has 0 aliphatic rings. The van der Waals surface area contributed by atoms with Gasteiger partial charge in [0.1, 0.15) is 12.0 Å². The van der Waals surface area contributed by atoms with Crippen molar-refractivity contribution in [2.75, 3.05) is 5.32 Å². The van der Waals surface area contributed by atoms with Crippen molar-refractivity contribution >= 4 is 23.3 Å². The average Bonchev–Trinajstić information content (AvgIpc) is 2.33. The molecule has 0 fully saturated rings. The molecule has 6 heteroatoms. The number of anilines is 1. The van der Waals surface area contributed by atoms with Crippen molar-refractivity contribution in [2.45, 2.75) is 0 Å². The van der Waals surface area contributed by atoms with E-state index in [2.05, 4.69) is 26.5 Å². The zero-order valence-electron chi connectivity index (χ0n) is 8.01. The van der Waals surface area contributed by atoms with Crippen molar-refractivity contribution < 1.29 is 4.79 Å². The van der Waals surface area contributed by atoms with Crippen LogP contribution in [0.2, 0.25) is 5.02 Å². The van der Waals surface area contributed by atoms with Gasteiger partial charge in [0.05, 0.1) is 5.02 Å². The summed E-state index contributed by atoms with van der Waals surface area (Å²) >= 11 is 5.66. The van der Waals surface area contributed by atoms with Crippen LogP contribution in [0, 0.1) is 6.20 Å².